The molecule has 0 radical (unpaired) electrons. The van der Waals surface area contributed by atoms with Crippen molar-refractivity contribution in [2.45, 2.75) is 30.4 Å². The third-order valence-corrected chi connectivity index (χ3v) is 5.14. The zero-order valence-electron chi connectivity index (χ0n) is 11.6. The highest BCUT2D eigenvalue weighted by Gasteiger charge is 2.45. The van der Waals surface area contributed by atoms with Crippen molar-refractivity contribution in [3.8, 4) is 0 Å². The molecule has 22 heavy (non-hydrogen) atoms. The molecule has 0 unspecified atom stereocenters. The molecule has 1 saturated heterocycles. The quantitative estimate of drug-likeness (QED) is 0.811. The minimum absolute atomic E-state index is 0.130. The number of esters is 1. The first-order valence-corrected chi connectivity index (χ1v) is 7.83. The van der Waals surface area contributed by atoms with Crippen molar-refractivity contribution in [2.75, 3.05) is 6.54 Å². The van der Waals surface area contributed by atoms with Crippen molar-refractivity contribution in [1.29, 1.82) is 0 Å². The van der Waals surface area contributed by atoms with Crippen LogP contribution in [0, 0.1) is 5.82 Å². The van der Waals surface area contributed by atoms with E-state index in [0.29, 0.717) is 0 Å². The zero-order chi connectivity index (χ0) is 16.5. The van der Waals surface area contributed by atoms with Crippen molar-refractivity contribution < 1.29 is 32.2 Å². The summed E-state index contributed by atoms with van der Waals surface area (Å²) in [5, 5.41) is 9.18. The number of aliphatic carboxylic acids is 1. The van der Waals surface area contributed by atoms with Gasteiger partial charge in [-0.15, -0.1) is 0 Å². The normalized spacial score (nSPS) is 22.5. The Hall–Kier alpha value is -2.00. The maximum absolute atomic E-state index is 12.9. The van der Waals surface area contributed by atoms with E-state index in [-0.39, 0.29) is 17.9 Å². The second-order valence-electron chi connectivity index (χ2n) is 4.85. The summed E-state index contributed by atoms with van der Waals surface area (Å²) in [6.07, 6.45) is -0.955. The van der Waals surface area contributed by atoms with Crippen molar-refractivity contribution in [3.05, 3.63) is 30.1 Å². The molecular weight excluding hydrogens is 317 g/mol. The van der Waals surface area contributed by atoms with Gasteiger partial charge in [-0.2, -0.15) is 4.31 Å². The summed E-state index contributed by atoms with van der Waals surface area (Å²) in [6, 6.07) is 2.73. The van der Waals surface area contributed by atoms with Crippen LogP contribution in [-0.2, 0) is 24.3 Å². The second-order valence-corrected chi connectivity index (χ2v) is 6.74. The number of hydrogen-bond donors (Lipinski definition) is 1. The minimum Gasteiger partial charge on any atom is -0.480 e. The van der Waals surface area contributed by atoms with Crippen LogP contribution in [0.1, 0.15) is 13.3 Å². The van der Waals surface area contributed by atoms with E-state index >= 15 is 0 Å². The maximum Gasteiger partial charge on any atom is 0.322 e. The summed E-state index contributed by atoms with van der Waals surface area (Å²) in [5.41, 5.74) is 0. The molecule has 120 valence electrons. The van der Waals surface area contributed by atoms with E-state index in [1.165, 1.54) is 0 Å². The molecule has 0 bridgehead atoms. The summed E-state index contributed by atoms with van der Waals surface area (Å²) >= 11 is 0. The Morgan fingerprint density at radius 1 is 1.32 bits per heavy atom. The molecule has 0 aromatic heterocycles. The van der Waals surface area contributed by atoms with Gasteiger partial charge in [-0.25, -0.2) is 12.8 Å². The summed E-state index contributed by atoms with van der Waals surface area (Å²) in [5.74, 6) is -2.55. The van der Waals surface area contributed by atoms with E-state index in [0.717, 1.165) is 35.5 Å². The van der Waals surface area contributed by atoms with Crippen LogP contribution in [0.15, 0.2) is 29.2 Å². The molecule has 1 fully saturated rings. The highest BCUT2D eigenvalue weighted by Crippen LogP contribution is 2.28. The summed E-state index contributed by atoms with van der Waals surface area (Å²) in [7, 11) is -4.12. The number of benzene rings is 1. The monoisotopic (exact) mass is 331 g/mol. The molecule has 7 nitrogen and oxygen atoms in total. The number of carbonyl (C=O) groups is 2. The predicted molar refractivity (Wildman–Crippen MR) is 71.9 cm³/mol. The molecule has 2 atom stereocenters. The topological polar surface area (TPSA) is 101 Å². The lowest BCUT2D eigenvalue weighted by Gasteiger charge is -2.20. The third-order valence-electron chi connectivity index (χ3n) is 3.26. The van der Waals surface area contributed by atoms with Crippen LogP contribution >= 0.6 is 0 Å². The molecule has 2 rings (SSSR count). The first-order valence-electron chi connectivity index (χ1n) is 6.39. The van der Waals surface area contributed by atoms with E-state index in [1.807, 2.05) is 0 Å². The molecule has 0 amide bonds. The minimum atomic E-state index is -4.12. The van der Waals surface area contributed by atoms with Crippen molar-refractivity contribution >= 4 is 22.0 Å². The van der Waals surface area contributed by atoms with Crippen LogP contribution in [0.4, 0.5) is 4.39 Å². The van der Waals surface area contributed by atoms with Gasteiger partial charge in [-0.1, -0.05) is 0 Å². The average molecular weight is 331 g/mol. The van der Waals surface area contributed by atoms with Gasteiger partial charge in [0.2, 0.25) is 10.0 Å². The molecule has 1 N–H and O–H groups in total. The second kappa shape index (κ2) is 6.01. The first kappa shape index (κ1) is 16.4. The molecular formula is C13H14FNO6S. The number of nitrogens with zero attached hydrogens (tertiary/aromatic N) is 1. The molecule has 9 heteroatoms. The molecule has 1 aliphatic heterocycles. The standard InChI is InChI=1S/C13H14FNO6S/c1-8(16)21-10-6-12(13(17)18)15(7-10)22(19,20)11-4-2-9(14)3-5-11/h2-5,10,12H,6-7H2,1H3,(H,17,18)/t10-,12+/m1/s1. The molecule has 1 aromatic carbocycles. The average Bonchev–Trinajstić information content (AvgIpc) is 2.83. The van der Waals surface area contributed by atoms with Gasteiger partial charge in [0.05, 0.1) is 11.4 Å². The Morgan fingerprint density at radius 3 is 2.41 bits per heavy atom. The van der Waals surface area contributed by atoms with Gasteiger partial charge in [-0.05, 0) is 24.3 Å². The van der Waals surface area contributed by atoms with Gasteiger partial charge in [0, 0.05) is 13.3 Å². The Balaban J connectivity index is 2.33. The molecule has 0 spiro atoms. The van der Waals surface area contributed by atoms with Crippen LogP contribution in [0.25, 0.3) is 0 Å². The largest absolute Gasteiger partial charge is 0.480 e. The van der Waals surface area contributed by atoms with Crippen LogP contribution in [-0.4, -0.2) is 48.5 Å². The molecule has 1 heterocycles. The first-order chi connectivity index (χ1) is 10.2. The van der Waals surface area contributed by atoms with Gasteiger partial charge in [0.1, 0.15) is 18.0 Å². The summed E-state index contributed by atoms with van der Waals surface area (Å²) in [6.45, 7) is 0.906. The lowest BCUT2D eigenvalue weighted by Crippen LogP contribution is -2.40. The lowest BCUT2D eigenvalue weighted by atomic mass is 10.2. The number of rotatable bonds is 4. The lowest BCUT2D eigenvalue weighted by molar-refractivity contribution is -0.146. The summed E-state index contributed by atoms with van der Waals surface area (Å²) < 4.78 is 43.5. The molecule has 1 aromatic rings. The number of ether oxygens (including phenoxy) is 1. The number of halogens is 1. The Morgan fingerprint density at radius 2 is 1.91 bits per heavy atom. The molecule has 0 saturated carbocycles. The zero-order valence-corrected chi connectivity index (χ0v) is 12.4. The van der Waals surface area contributed by atoms with Crippen molar-refractivity contribution in [3.63, 3.8) is 0 Å². The van der Waals surface area contributed by atoms with E-state index in [9.17, 15) is 27.5 Å². The smallest absolute Gasteiger partial charge is 0.322 e. The number of carboxylic acid groups (broad SMARTS) is 1. The maximum atomic E-state index is 12.9. The van der Waals surface area contributed by atoms with Crippen LogP contribution < -0.4 is 0 Å². The summed E-state index contributed by atoms with van der Waals surface area (Å²) in [4.78, 5) is 22.0. The highest BCUT2D eigenvalue weighted by molar-refractivity contribution is 7.89. The van der Waals surface area contributed by atoms with Gasteiger partial charge in [0.25, 0.3) is 0 Å². The van der Waals surface area contributed by atoms with Gasteiger partial charge in [0.15, 0.2) is 0 Å². The van der Waals surface area contributed by atoms with E-state index in [1.54, 1.807) is 0 Å². The van der Waals surface area contributed by atoms with Gasteiger partial charge < -0.3 is 9.84 Å². The SMILES string of the molecule is CC(=O)O[C@@H]1C[C@@H](C(=O)O)N(S(=O)(=O)c2ccc(F)cc2)C1. The number of carbonyl (C=O) groups excluding carboxylic acids is 1. The molecule has 0 aliphatic carbocycles. The van der Waals surface area contributed by atoms with E-state index < -0.39 is 39.9 Å². The number of carboxylic acids is 1. The number of hydrogen-bond acceptors (Lipinski definition) is 5. The van der Waals surface area contributed by atoms with E-state index in [4.69, 9.17) is 4.74 Å². The van der Waals surface area contributed by atoms with Crippen LogP contribution in [0.5, 0.6) is 0 Å². The van der Waals surface area contributed by atoms with Crippen LogP contribution in [0.2, 0.25) is 0 Å². The number of sulfonamides is 1. The fraction of sp³-hybridized carbons (Fsp3) is 0.385. The highest BCUT2D eigenvalue weighted by atomic mass is 32.2. The van der Waals surface area contributed by atoms with Crippen molar-refractivity contribution in [1.82, 2.24) is 4.31 Å². The predicted octanol–water partition coefficient (Wildman–Crippen LogP) is 0.605. The third kappa shape index (κ3) is 3.25. The molecule has 1 aliphatic rings. The Labute approximate surface area is 126 Å². The fourth-order valence-corrected chi connectivity index (χ4v) is 3.95. The van der Waals surface area contributed by atoms with Crippen molar-refractivity contribution in [2.24, 2.45) is 0 Å². The fourth-order valence-electron chi connectivity index (χ4n) is 2.32. The van der Waals surface area contributed by atoms with Crippen LogP contribution in [0.3, 0.4) is 0 Å². The van der Waals surface area contributed by atoms with Gasteiger partial charge >= 0.3 is 11.9 Å². The van der Waals surface area contributed by atoms with Gasteiger partial charge in [-0.3, -0.25) is 9.59 Å². The van der Waals surface area contributed by atoms with E-state index in [2.05, 4.69) is 0 Å². The Kier molecular flexibility index (Phi) is 4.47. The Bertz CT molecular complexity index is 687.